The lowest BCUT2D eigenvalue weighted by Gasteiger charge is -2.27. The molecule has 2 aromatic carbocycles. The van der Waals surface area contributed by atoms with Crippen molar-refractivity contribution >= 4 is 16.6 Å². The SMILES string of the molecule is Cc1ccc([C@@H]2OCCn3c(-c4ccc(C)c([N+](=O)[O-])c4)c4c(=O)n(C)c(=O)n(C)c4c32)cc1. The van der Waals surface area contributed by atoms with Crippen molar-refractivity contribution in [2.45, 2.75) is 26.5 Å². The zero-order valence-corrected chi connectivity index (χ0v) is 19.4. The highest BCUT2D eigenvalue weighted by Gasteiger charge is 2.33. The molecule has 0 aliphatic carbocycles. The molecule has 0 radical (unpaired) electrons. The number of aryl methyl sites for hydroxylation is 3. The van der Waals surface area contributed by atoms with E-state index in [2.05, 4.69) is 0 Å². The van der Waals surface area contributed by atoms with Gasteiger partial charge in [0.05, 0.1) is 33.8 Å². The van der Waals surface area contributed by atoms with Crippen LogP contribution in [0.25, 0.3) is 22.2 Å². The molecule has 9 heteroatoms. The number of aromatic nitrogens is 3. The van der Waals surface area contributed by atoms with E-state index >= 15 is 0 Å². The minimum absolute atomic E-state index is 0.0232. The molecule has 2 aromatic heterocycles. The number of benzene rings is 2. The average Bonchev–Trinajstić information content (AvgIpc) is 3.17. The van der Waals surface area contributed by atoms with Crippen LogP contribution in [0.15, 0.2) is 52.1 Å². The van der Waals surface area contributed by atoms with Gasteiger partial charge in [0, 0.05) is 37.8 Å². The summed E-state index contributed by atoms with van der Waals surface area (Å²) in [5.41, 5.74) is 3.92. The number of fused-ring (bicyclic) bond motifs is 3. The molecule has 174 valence electrons. The molecular weight excluding hydrogens is 436 g/mol. The number of nitro benzene ring substituents is 1. The highest BCUT2D eigenvalue weighted by Crippen LogP contribution is 2.41. The van der Waals surface area contributed by atoms with E-state index in [1.807, 2.05) is 35.8 Å². The van der Waals surface area contributed by atoms with Crippen molar-refractivity contribution < 1.29 is 9.66 Å². The molecule has 5 rings (SSSR count). The minimum atomic E-state index is -0.497. The van der Waals surface area contributed by atoms with Gasteiger partial charge in [-0.05, 0) is 19.4 Å². The number of hydrogen-bond donors (Lipinski definition) is 0. The Morgan fingerprint density at radius 2 is 1.74 bits per heavy atom. The lowest BCUT2D eigenvalue weighted by Crippen LogP contribution is -2.37. The zero-order chi connectivity index (χ0) is 24.3. The largest absolute Gasteiger partial charge is 0.365 e. The third kappa shape index (κ3) is 3.12. The fourth-order valence-electron chi connectivity index (χ4n) is 4.83. The van der Waals surface area contributed by atoms with Gasteiger partial charge in [-0.3, -0.25) is 24.0 Å². The molecule has 0 spiro atoms. The maximum absolute atomic E-state index is 13.4. The zero-order valence-electron chi connectivity index (χ0n) is 19.4. The van der Waals surface area contributed by atoms with E-state index < -0.39 is 22.3 Å². The van der Waals surface area contributed by atoms with Gasteiger partial charge in [0.2, 0.25) is 0 Å². The average molecular weight is 460 g/mol. The van der Waals surface area contributed by atoms with Crippen LogP contribution in [0.3, 0.4) is 0 Å². The molecule has 34 heavy (non-hydrogen) atoms. The summed E-state index contributed by atoms with van der Waals surface area (Å²) in [5.74, 6) is 0. The Kier molecular flexibility index (Phi) is 5.02. The van der Waals surface area contributed by atoms with Gasteiger partial charge in [-0.1, -0.05) is 42.0 Å². The van der Waals surface area contributed by atoms with Crippen molar-refractivity contribution in [3.05, 3.63) is 95.8 Å². The van der Waals surface area contributed by atoms with Gasteiger partial charge in [-0.15, -0.1) is 0 Å². The quantitative estimate of drug-likeness (QED) is 0.345. The van der Waals surface area contributed by atoms with E-state index in [1.54, 1.807) is 26.1 Å². The molecule has 9 nitrogen and oxygen atoms in total. The van der Waals surface area contributed by atoms with Crippen LogP contribution in [0, 0.1) is 24.0 Å². The lowest BCUT2D eigenvalue weighted by molar-refractivity contribution is -0.385. The van der Waals surface area contributed by atoms with Crippen LogP contribution >= 0.6 is 0 Å². The summed E-state index contributed by atoms with van der Waals surface area (Å²) >= 11 is 0. The van der Waals surface area contributed by atoms with E-state index in [0.717, 1.165) is 15.7 Å². The lowest BCUT2D eigenvalue weighted by atomic mass is 10.0. The van der Waals surface area contributed by atoms with Gasteiger partial charge in [0.25, 0.3) is 11.2 Å². The van der Waals surface area contributed by atoms with E-state index in [4.69, 9.17) is 4.74 Å². The molecule has 1 atom stereocenters. The smallest absolute Gasteiger partial charge is 0.331 e. The second-order valence-corrected chi connectivity index (χ2v) is 8.73. The third-order valence-corrected chi connectivity index (χ3v) is 6.61. The second-order valence-electron chi connectivity index (χ2n) is 8.73. The Balaban J connectivity index is 1.93. The van der Waals surface area contributed by atoms with Gasteiger partial charge in [0.15, 0.2) is 0 Å². The van der Waals surface area contributed by atoms with Gasteiger partial charge < -0.3 is 9.30 Å². The standard InChI is InChI=1S/C25H24N4O5/c1-14-5-8-16(9-6-14)23-22-21-19(24(30)27(4)25(31)26(21)3)20(28(22)11-12-34-23)17-10-7-15(2)18(13-17)29(32)33/h5-10,13,23H,11-12H2,1-4H3/t23-/m0/s1. The van der Waals surface area contributed by atoms with Gasteiger partial charge in [0.1, 0.15) is 6.10 Å². The molecule has 0 unspecified atom stereocenters. The fourth-order valence-corrected chi connectivity index (χ4v) is 4.83. The van der Waals surface area contributed by atoms with Crippen molar-refractivity contribution in [1.82, 2.24) is 13.7 Å². The monoisotopic (exact) mass is 460 g/mol. The second kappa shape index (κ2) is 7.81. The summed E-state index contributed by atoms with van der Waals surface area (Å²) in [7, 11) is 3.07. The molecule has 1 aliphatic rings. The first-order chi connectivity index (χ1) is 16.2. The summed E-state index contributed by atoms with van der Waals surface area (Å²) in [5, 5.41) is 12.0. The molecule has 1 aliphatic heterocycles. The molecule has 0 saturated heterocycles. The van der Waals surface area contributed by atoms with Crippen molar-refractivity contribution in [1.29, 1.82) is 0 Å². The fraction of sp³-hybridized carbons (Fsp3) is 0.280. The molecule has 0 bridgehead atoms. The predicted molar refractivity (Wildman–Crippen MR) is 128 cm³/mol. The molecule has 0 amide bonds. The molecule has 0 saturated carbocycles. The first-order valence-electron chi connectivity index (χ1n) is 11.0. The highest BCUT2D eigenvalue weighted by atomic mass is 16.6. The molecule has 3 heterocycles. The first-order valence-corrected chi connectivity index (χ1v) is 11.0. The summed E-state index contributed by atoms with van der Waals surface area (Å²) in [6.45, 7) is 4.51. The van der Waals surface area contributed by atoms with E-state index in [1.165, 1.54) is 17.7 Å². The number of hydrogen-bond acceptors (Lipinski definition) is 5. The third-order valence-electron chi connectivity index (χ3n) is 6.61. The normalized spacial score (nSPS) is 15.5. The summed E-state index contributed by atoms with van der Waals surface area (Å²) in [6.07, 6.45) is -0.497. The first kappa shape index (κ1) is 21.8. The number of ether oxygens (including phenoxy) is 1. The van der Waals surface area contributed by atoms with E-state index in [0.29, 0.717) is 46.6 Å². The van der Waals surface area contributed by atoms with Crippen LogP contribution in [0.4, 0.5) is 5.69 Å². The summed E-state index contributed by atoms with van der Waals surface area (Å²) < 4.78 is 10.7. The molecular formula is C25H24N4O5. The Morgan fingerprint density at radius 1 is 1.03 bits per heavy atom. The van der Waals surface area contributed by atoms with Crippen LogP contribution < -0.4 is 11.2 Å². The Labute approximate surface area is 194 Å². The van der Waals surface area contributed by atoms with E-state index in [9.17, 15) is 19.7 Å². The minimum Gasteiger partial charge on any atom is -0.365 e. The maximum Gasteiger partial charge on any atom is 0.331 e. The number of nitro groups is 1. The topological polar surface area (TPSA) is 101 Å². The van der Waals surface area contributed by atoms with Crippen LogP contribution in [0.1, 0.15) is 28.5 Å². The van der Waals surface area contributed by atoms with Gasteiger partial charge in [-0.25, -0.2) is 4.79 Å². The van der Waals surface area contributed by atoms with Crippen LogP contribution in [0.5, 0.6) is 0 Å². The van der Waals surface area contributed by atoms with Crippen molar-refractivity contribution in [2.24, 2.45) is 14.1 Å². The van der Waals surface area contributed by atoms with Crippen LogP contribution in [0.2, 0.25) is 0 Å². The van der Waals surface area contributed by atoms with Crippen LogP contribution in [-0.2, 0) is 25.4 Å². The summed E-state index contributed by atoms with van der Waals surface area (Å²) in [4.78, 5) is 37.6. The maximum atomic E-state index is 13.4. The Hall–Kier alpha value is -3.98. The van der Waals surface area contributed by atoms with E-state index in [-0.39, 0.29) is 5.69 Å². The predicted octanol–water partition coefficient (Wildman–Crippen LogP) is 3.35. The van der Waals surface area contributed by atoms with Crippen LogP contribution in [-0.4, -0.2) is 25.2 Å². The number of nitrogens with zero attached hydrogens (tertiary/aromatic N) is 4. The molecule has 4 aromatic rings. The Morgan fingerprint density at radius 3 is 2.41 bits per heavy atom. The Bertz CT molecular complexity index is 1590. The van der Waals surface area contributed by atoms with Gasteiger partial charge >= 0.3 is 5.69 Å². The highest BCUT2D eigenvalue weighted by molar-refractivity contribution is 5.97. The van der Waals surface area contributed by atoms with Crippen molar-refractivity contribution in [3.63, 3.8) is 0 Å². The summed E-state index contributed by atoms with van der Waals surface area (Å²) in [6, 6.07) is 12.9. The van der Waals surface area contributed by atoms with Crippen molar-refractivity contribution in [2.75, 3.05) is 6.61 Å². The number of rotatable bonds is 3. The molecule has 0 fully saturated rings. The molecule has 0 N–H and O–H groups in total. The van der Waals surface area contributed by atoms with Gasteiger partial charge in [-0.2, -0.15) is 0 Å². The van der Waals surface area contributed by atoms with Crippen molar-refractivity contribution in [3.8, 4) is 11.3 Å².